The predicted octanol–water partition coefficient (Wildman–Crippen LogP) is -0.702. The van der Waals surface area contributed by atoms with E-state index in [0.717, 1.165) is 4.88 Å². The molecule has 0 saturated carbocycles. The van der Waals surface area contributed by atoms with Gasteiger partial charge in [0.2, 0.25) is 11.8 Å². The molecule has 1 aromatic heterocycles. The average Bonchev–Trinajstić information content (AvgIpc) is 3.03. The van der Waals surface area contributed by atoms with Crippen LogP contribution in [0.4, 0.5) is 0 Å². The highest BCUT2D eigenvalue weighted by molar-refractivity contribution is 7.09. The van der Waals surface area contributed by atoms with Gasteiger partial charge < -0.3 is 20.8 Å². The van der Waals surface area contributed by atoms with Gasteiger partial charge >= 0.3 is 0 Å². The summed E-state index contributed by atoms with van der Waals surface area (Å²) < 4.78 is 0. The van der Waals surface area contributed by atoms with Crippen molar-refractivity contribution < 1.29 is 19.8 Å². The lowest BCUT2D eigenvalue weighted by Gasteiger charge is -2.35. The van der Waals surface area contributed by atoms with Gasteiger partial charge in [-0.3, -0.25) is 14.5 Å². The Hall–Kier alpha value is -1.48. The minimum atomic E-state index is -1.08. The minimum Gasteiger partial charge on any atom is -0.394 e. The normalized spacial score (nSPS) is 19.4. The number of aliphatic hydroxyl groups excluding tert-OH is 2. The van der Waals surface area contributed by atoms with E-state index in [4.69, 9.17) is 0 Å². The summed E-state index contributed by atoms with van der Waals surface area (Å²) in [5.74, 6) is -0.536. The van der Waals surface area contributed by atoms with Crippen LogP contribution >= 0.6 is 11.3 Å². The summed E-state index contributed by atoms with van der Waals surface area (Å²) in [6, 6.07) is 3.41. The third kappa shape index (κ3) is 4.74. The van der Waals surface area contributed by atoms with Crippen molar-refractivity contribution in [1.29, 1.82) is 0 Å². The summed E-state index contributed by atoms with van der Waals surface area (Å²) in [6.07, 6.45) is -0.00714. The van der Waals surface area contributed by atoms with E-state index >= 15 is 0 Å². The van der Waals surface area contributed by atoms with Gasteiger partial charge in [-0.25, -0.2) is 0 Å². The smallest absolute Gasteiger partial charge is 0.237 e. The van der Waals surface area contributed by atoms with Crippen molar-refractivity contribution in [1.82, 2.24) is 15.5 Å². The molecule has 1 aromatic rings. The number of carbonyl (C=O) groups is 2. The van der Waals surface area contributed by atoms with Crippen LogP contribution in [0, 0.1) is 0 Å². The molecule has 1 aliphatic heterocycles. The first-order chi connectivity index (χ1) is 11.0. The van der Waals surface area contributed by atoms with Crippen LogP contribution in [0.15, 0.2) is 17.5 Å². The molecule has 8 heteroatoms. The molecule has 128 valence electrons. The molecule has 1 atom stereocenters. The van der Waals surface area contributed by atoms with Crippen LogP contribution in [0.5, 0.6) is 0 Å². The topological polar surface area (TPSA) is 102 Å². The van der Waals surface area contributed by atoms with Crippen molar-refractivity contribution in [2.45, 2.75) is 31.5 Å². The first kappa shape index (κ1) is 17.9. The quantitative estimate of drug-likeness (QED) is 0.525. The van der Waals surface area contributed by atoms with Gasteiger partial charge in [0.1, 0.15) is 0 Å². The van der Waals surface area contributed by atoms with Crippen molar-refractivity contribution in [3.05, 3.63) is 22.4 Å². The zero-order chi connectivity index (χ0) is 16.9. The largest absolute Gasteiger partial charge is 0.394 e. The maximum atomic E-state index is 12.2. The van der Waals surface area contributed by atoms with Crippen LogP contribution in [0.25, 0.3) is 0 Å². The van der Waals surface area contributed by atoms with Gasteiger partial charge in [0.15, 0.2) is 0 Å². The van der Waals surface area contributed by atoms with Crippen LogP contribution in [-0.2, 0) is 16.1 Å². The Balaban J connectivity index is 2.01. The molecule has 0 spiro atoms. The van der Waals surface area contributed by atoms with Gasteiger partial charge in [0.25, 0.3) is 0 Å². The second-order valence-electron chi connectivity index (χ2n) is 5.99. The Kier molecular flexibility index (Phi) is 6.11. The highest BCUT2D eigenvalue weighted by atomic mass is 32.1. The fourth-order valence-electron chi connectivity index (χ4n) is 2.47. The molecule has 0 bridgehead atoms. The van der Waals surface area contributed by atoms with E-state index in [1.54, 1.807) is 18.3 Å². The number of nitrogens with one attached hydrogen (secondary N) is 2. The second kappa shape index (κ2) is 7.87. The molecule has 2 heterocycles. The molecule has 1 saturated heterocycles. The Labute approximate surface area is 139 Å². The first-order valence-corrected chi connectivity index (χ1v) is 8.42. The van der Waals surface area contributed by atoms with Gasteiger partial charge in [0.05, 0.1) is 31.2 Å². The van der Waals surface area contributed by atoms with Crippen molar-refractivity contribution in [2.75, 3.05) is 26.3 Å². The summed E-state index contributed by atoms with van der Waals surface area (Å²) in [4.78, 5) is 27.5. The van der Waals surface area contributed by atoms with Gasteiger partial charge in [0, 0.05) is 24.5 Å². The monoisotopic (exact) mass is 341 g/mol. The Morgan fingerprint density at radius 1 is 1.52 bits per heavy atom. The molecule has 0 unspecified atom stereocenters. The van der Waals surface area contributed by atoms with E-state index in [-0.39, 0.29) is 31.4 Å². The summed E-state index contributed by atoms with van der Waals surface area (Å²) in [6.45, 7) is 2.68. The van der Waals surface area contributed by atoms with Gasteiger partial charge in [-0.15, -0.1) is 11.3 Å². The number of hydrogen-bond acceptors (Lipinski definition) is 6. The van der Waals surface area contributed by atoms with Gasteiger partial charge in [-0.05, 0) is 18.4 Å². The Morgan fingerprint density at radius 3 is 2.87 bits per heavy atom. The minimum absolute atomic E-state index is 0.00714. The van der Waals surface area contributed by atoms with E-state index in [1.807, 2.05) is 22.4 Å². The van der Waals surface area contributed by atoms with E-state index in [0.29, 0.717) is 19.6 Å². The molecule has 1 aliphatic rings. The molecule has 1 fully saturated rings. The molecular formula is C15H23N3O4S. The molecule has 2 amide bonds. The van der Waals surface area contributed by atoms with Crippen molar-refractivity contribution in [2.24, 2.45) is 0 Å². The van der Waals surface area contributed by atoms with E-state index < -0.39 is 11.6 Å². The van der Waals surface area contributed by atoms with Crippen molar-refractivity contribution in [3.63, 3.8) is 0 Å². The number of carbonyl (C=O) groups excluding carboxylic acids is 2. The highest BCUT2D eigenvalue weighted by Crippen LogP contribution is 2.17. The lowest BCUT2D eigenvalue weighted by atomic mass is 10.0. The van der Waals surface area contributed by atoms with E-state index in [2.05, 4.69) is 10.6 Å². The Bertz CT molecular complexity index is 531. The zero-order valence-electron chi connectivity index (χ0n) is 13.1. The maximum Gasteiger partial charge on any atom is 0.237 e. The number of piperazine rings is 1. The number of hydrogen-bond donors (Lipinski definition) is 4. The molecule has 23 heavy (non-hydrogen) atoms. The average molecular weight is 341 g/mol. The summed E-state index contributed by atoms with van der Waals surface area (Å²) in [5.41, 5.74) is -1.08. The third-order valence-electron chi connectivity index (χ3n) is 3.90. The van der Waals surface area contributed by atoms with E-state index in [9.17, 15) is 19.8 Å². The molecule has 2 rings (SSSR count). The summed E-state index contributed by atoms with van der Waals surface area (Å²) >= 11 is 1.62. The number of thiophene rings is 1. The standard InChI is InChI=1S/C15H23N3O4S/c1-15(9-19,10-20)17-13(21)7-12-14(22)16-4-5-18(12)8-11-3-2-6-23-11/h2-3,6,12,19-20H,4-5,7-10H2,1H3,(H,16,22)(H,17,21)/t12-/m1/s1. The lowest BCUT2D eigenvalue weighted by Crippen LogP contribution is -2.58. The number of nitrogens with zero attached hydrogens (tertiary/aromatic N) is 1. The first-order valence-electron chi connectivity index (χ1n) is 7.54. The summed E-state index contributed by atoms with van der Waals surface area (Å²) in [7, 11) is 0. The second-order valence-corrected chi connectivity index (χ2v) is 7.02. The SMILES string of the molecule is CC(CO)(CO)NC(=O)C[C@@H]1C(=O)NCCN1Cc1cccs1. The molecule has 0 aliphatic carbocycles. The van der Waals surface area contributed by atoms with Crippen molar-refractivity contribution in [3.8, 4) is 0 Å². The van der Waals surface area contributed by atoms with Crippen molar-refractivity contribution >= 4 is 23.2 Å². The predicted molar refractivity (Wildman–Crippen MR) is 86.9 cm³/mol. The Morgan fingerprint density at radius 2 is 2.26 bits per heavy atom. The van der Waals surface area contributed by atoms with Gasteiger partial charge in [-0.2, -0.15) is 0 Å². The molecular weight excluding hydrogens is 318 g/mol. The molecule has 0 radical (unpaired) electrons. The molecule has 0 aromatic carbocycles. The van der Waals surface area contributed by atoms with Crippen LogP contribution in [0.3, 0.4) is 0 Å². The summed E-state index contributed by atoms with van der Waals surface area (Å²) in [5, 5.41) is 25.9. The molecule has 7 nitrogen and oxygen atoms in total. The molecule has 4 N–H and O–H groups in total. The fraction of sp³-hybridized carbons (Fsp3) is 0.600. The maximum absolute atomic E-state index is 12.2. The lowest BCUT2D eigenvalue weighted by molar-refractivity contribution is -0.135. The highest BCUT2D eigenvalue weighted by Gasteiger charge is 2.33. The van der Waals surface area contributed by atoms with Crippen LogP contribution in [0.1, 0.15) is 18.2 Å². The number of rotatable bonds is 7. The number of aliphatic hydroxyl groups is 2. The zero-order valence-corrected chi connectivity index (χ0v) is 13.9. The van der Waals surface area contributed by atoms with Gasteiger partial charge in [-0.1, -0.05) is 6.07 Å². The fourth-order valence-corrected chi connectivity index (χ4v) is 3.20. The van der Waals surface area contributed by atoms with Crippen LogP contribution in [-0.4, -0.2) is 64.8 Å². The third-order valence-corrected chi connectivity index (χ3v) is 4.76. The van der Waals surface area contributed by atoms with Crippen LogP contribution in [0.2, 0.25) is 0 Å². The van der Waals surface area contributed by atoms with E-state index in [1.165, 1.54) is 0 Å². The number of amides is 2. The van der Waals surface area contributed by atoms with Crippen LogP contribution < -0.4 is 10.6 Å².